The second-order valence-corrected chi connectivity index (χ2v) is 11.9. The van der Waals surface area contributed by atoms with Crippen LogP contribution < -0.4 is 10.6 Å². The third-order valence-corrected chi connectivity index (χ3v) is 8.49. The molecule has 10 heteroatoms. The van der Waals surface area contributed by atoms with E-state index in [0.717, 1.165) is 11.1 Å². The normalized spacial score (nSPS) is 10.8. The number of H-pyrrole nitrogens is 2. The summed E-state index contributed by atoms with van der Waals surface area (Å²) in [7, 11) is 0. The van der Waals surface area contributed by atoms with Crippen molar-refractivity contribution in [3.63, 3.8) is 0 Å². The first-order chi connectivity index (χ1) is 25.4. The zero-order valence-electron chi connectivity index (χ0n) is 27.7. The van der Waals surface area contributed by atoms with Gasteiger partial charge in [-0.25, -0.2) is 18.7 Å². The molecule has 8 aromatic rings. The molecule has 0 spiro atoms. The molecule has 8 nitrogen and oxygen atoms in total. The van der Waals surface area contributed by atoms with Crippen LogP contribution in [0, 0.1) is 11.6 Å². The maximum absolute atomic E-state index is 13.4. The van der Waals surface area contributed by atoms with Gasteiger partial charge in [-0.1, -0.05) is 60.7 Å². The van der Waals surface area contributed by atoms with Gasteiger partial charge in [0.05, 0.1) is 11.1 Å². The third-order valence-electron chi connectivity index (χ3n) is 8.49. The molecule has 0 aliphatic carbocycles. The first-order valence-corrected chi connectivity index (χ1v) is 16.5. The van der Waals surface area contributed by atoms with E-state index in [-0.39, 0.29) is 23.2 Å². The van der Waals surface area contributed by atoms with Gasteiger partial charge >= 0.3 is 0 Å². The third kappa shape index (κ3) is 7.46. The molecule has 0 aliphatic rings. The lowest BCUT2D eigenvalue weighted by molar-refractivity contribution is 0.103. The smallest absolute Gasteiger partial charge is 0.198 e. The van der Waals surface area contributed by atoms with Gasteiger partial charge in [0.15, 0.2) is 11.6 Å². The van der Waals surface area contributed by atoms with E-state index < -0.39 is 0 Å². The van der Waals surface area contributed by atoms with Gasteiger partial charge in [-0.15, -0.1) is 0 Å². The second-order valence-electron chi connectivity index (χ2n) is 11.9. The van der Waals surface area contributed by atoms with E-state index in [1.54, 1.807) is 61.2 Å². The molecule has 0 amide bonds. The Kier molecular flexibility index (Phi) is 9.88. The number of ketones is 2. The Balaban J connectivity index is 0.000000162. The van der Waals surface area contributed by atoms with Crippen LogP contribution in [-0.2, 0) is 13.1 Å². The molecule has 0 atom stereocenters. The summed E-state index contributed by atoms with van der Waals surface area (Å²) in [5, 5.41) is 7.83. The van der Waals surface area contributed by atoms with Crippen molar-refractivity contribution in [3.05, 3.63) is 191 Å². The van der Waals surface area contributed by atoms with Crippen LogP contribution in [0.5, 0.6) is 0 Å². The fourth-order valence-corrected chi connectivity index (χ4v) is 5.88. The number of pyridine rings is 2. The topological polar surface area (TPSA) is 116 Å². The number of aromatic nitrogens is 4. The van der Waals surface area contributed by atoms with Gasteiger partial charge in [0.25, 0.3) is 0 Å². The highest BCUT2D eigenvalue weighted by Crippen LogP contribution is 2.26. The number of nitrogens with zero attached hydrogens (tertiary/aromatic N) is 2. The Labute approximate surface area is 297 Å². The van der Waals surface area contributed by atoms with E-state index in [1.807, 2.05) is 60.7 Å². The fourth-order valence-electron chi connectivity index (χ4n) is 5.88. The van der Waals surface area contributed by atoms with Crippen LogP contribution in [0.25, 0.3) is 21.8 Å². The average molecular weight is 691 g/mol. The van der Waals surface area contributed by atoms with E-state index in [1.165, 1.54) is 24.3 Å². The lowest BCUT2D eigenvalue weighted by Crippen LogP contribution is -2.09. The molecule has 8 rings (SSSR count). The number of nitrogens with one attached hydrogen (secondary N) is 4. The quantitative estimate of drug-likeness (QED) is 0.106. The molecule has 52 heavy (non-hydrogen) atoms. The van der Waals surface area contributed by atoms with Crippen LogP contribution in [0.1, 0.15) is 43.0 Å². The van der Waals surface area contributed by atoms with Crippen molar-refractivity contribution in [2.75, 3.05) is 10.6 Å². The summed E-state index contributed by atoms with van der Waals surface area (Å²) in [6.07, 6.45) is 6.52. The van der Waals surface area contributed by atoms with E-state index in [4.69, 9.17) is 0 Å². The van der Waals surface area contributed by atoms with E-state index in [0.29, 0.717) is 68.8 Å². The molecule has 0 fully saturated rings. The van der Waals surface area contributed by atoms with Crippen LogP contribution in [-0.4, -0.2) is 31.5 Å². The minimum absolute atomic E-state index is 0.161. The predicted molar refractivity (Wildman–Crippen MR) is 199 cm³/mol. The maximum atomic E-state index is 13.4. The van der Waals surface area contributed by atoms with Gasteiger partial charge in [0.2, 0.25) is 0 Å². The summed E-state index contributed by atoms with van der Waals surface area (Å²) in [6.45, 7) is 1.13. The Morgan fingerprint density at radius 3 is 1.37 bits per heavy atom. The highest BCUT2D eigenvalue weighted by atomic mass is 19.1. The number of carbonyl (C=O) groups is 2. The van der Waals surface area contributed by atoms with Gasteiger partial charge in [0, 0.05) is 70.8 Å². The maximum Gasteiger partial charge on any atom is 0.198 e. The van der Waals surface area contributed by atoms with Crippen molar-refractivity contribution < 1.29 is 18.4 Å². The Morgan fingerprint density at radius 2 is 0.942 bits per heavy atom. The molecule has 4 aromatic carbocycles. The molecular formula is C42H32F2N6O2. The highest BCUT2D eigenvalue weighted by molar-refractivity contribution is 6.19. The lowest BCUT2D eigenvalue weighted by Gasteiger charge is -2.10. The summed E-state index contributed by atoms with van der Waals surface area (Å²) >= 11 is 0. The van der Waals surface area contributed by atoms with Gasteiger partial charge in [0.1, 0.15) is 23.3 Å². The van der Waals surface area contributed by atoms with E-state index in [2.05, 4.69) is 30.6 Å². The summed E-state index contributed by atoms with van der Waals surface area (Å²) < 4.78 is 26.7. The van der Waals surface area contributed by atoms with Crippen LogP contribution in [0.15, 0.2) is 146 Å². The molecule has 256 valence electrons. The molecule has 4 heterocycles. The molecule has 0 saturated carbocycles. The standard InChI is InChI=1S/2C21H16FN3O/c2*22-15-8-9-16-18(13-24-19(16)11-15)20(26)17-7-4-10-23-21(17)25-12-14-5-2-1-3-6-14/h2*1-11,13,24H,12H2,(H,23,25). The van der Waals surface area contributed by atoms with Gasteiger partial charge in [-0.05, 0) is 71.8 Å². The monoisotopic (exact) mass is 690 g/mol. The van der Waals surface area contributed by atoms with Crippen molar-refractivity contribution >= 4 is 45.0 Å². The number of carbonyl (C=O) groups excluding carboxylic acids is 2. The number of hydrogen-bond donors (Lipinski definition) is 4. The largest absolute Gasteiger partial charge is 0.365 e. The van der Waals surface area contributed by atoms with Crippen molar-refractivity contribution in [1.29, 1.82) is 0 Å². The van der Waals surface area contributed by atoms with Crippen molar-refractivity contribution in [2.24, 2.45) is 0 Å². The van der Waals surface area contributed by atoms with Gasteiger partial charge in [-0.2, -0.15) is 0 Å². The number of benzene rings is 4. The Morgan fingerprint density at radius 1 is 0.519 bits per heavy atom. The molecule has 0 bridgehead atoms. The van der Waals surface area contributed by atoms with Crippen LogP contribution in [0.2, 0.25) is 0 Å². The summed E-state index contributed by atoms with van der Waals surface area (Å²) in [6, 6.07) is 35.4. The SMILES string of the molecule is O=C(c1cccnc1NCc1ccccc1)c1c[nH]c2cc(F)ccc12.O=C(c1cccnc1NCc1ccccc1)c1c[nH]c2cc(F)ccc12. The minimum atomic E-state index is -0.343. The molecule has 0 saturated heterocycles. The summed E-state index contributed by atoms with van der Waals surface area (Å²) in [4.78, 5) is 40.6. The molecular weight excluding hydrogens is 658 g/mol. The summed E-state index contributed by atoms with van der Waals surface area (Å²) in [5.41, 5.74) is 5.33. The molecule has 4 N–H and O–H groups in total. The van der Waals surface area contributed by atoms with Crippen LogP contribution in [0.4, 0.5) is 20.4 Å². The van der Waals surface area contributed by atoms with Crippen LogP contribution >= 0.6 is 0 Å². The van der Waals surface area contributed by atoms with Crippen molar-refractivity contribution in [3.8, 4) is 0 Å². The fraction of sp³-hybridized carbons (Fsp3) is 0.0476. The first kappa shape index (κ1) is 33.6. The average Bonchev–Trinajstić information content (AvgIpc) is 3.81. The highest BCUT2D eigenvalue weighted by Gasteiger charge is 2.20. The van der Waals surface area contributed by atoms with E-state index >= 15 is 0 Å². The number of aromatic amines is 2. The van der Waals surface area contributed by atoms with Crippen LogP contribution in [0.3, 0.4) is 0 Å². The molecule has 0 radical (unpaired) electrons. The van der Waals surface area contributed by atoms with Crippen molar-refractivity contribution in [1.82, 2.24) is 19.9 Å². The number of hydrogen-bond acceptors (Lipinski definition) is 6. The molecule has 4 aromatic heterocycles. The first-order valence-electron chi connectivity index (χ1n) is 16.5. The number of halogens is 2. The lowest BCUT2D eigenvalue weighted by atomic mass is 10.0. The number of rotatable bonds is 10. The minimum Gasteiger partial charge on any atom is -0.365 e. The predicted octanol–water partition coefficient (Wildman–Crippen LogP) is 9.09. The van der Waals surface area contributed by atoms with Gasteiger partial charge < -0.3 is 20.6 Å². The second kappa shape index (κ2) is 15.3. The summed E-state index contributed by atoms with van der Waals surface area (Å²) in [5.74, 6) is 0.0450. The van der Waals surface area contributed by atoms with Crippen molar-refractivity contribution in [2.45, 2.75) is 13.1 Å². The Hall–Kier alpha value is -6.94. The van der Waals surface area contributed by atoms with E-state index in [9.17, 15) is 18.4 Å². The molecule has 0 aliphatic heterocycles. The number of anilines is 2. The molecule has 0 unspecified atom stereocenters. The zero-order valence-corrected chi connectivity index (χ0v) is 27.7. The van der Waals surface area contributed by atoms with Gasteiger partial charge in [-0.3, -0.25) is 9.59 Å². The number of fused-ring (bicyclic) bond motifs is 2. The Bertz CT molecular complexity index is 2320. The zero-order chi connectivity index (χ0) is 35.9.